The van der Waals surface area contributed by atoms with Gasteiger partial charge < -0.3 is 0 Å². The zero-order chi connectivity index (χ0) is 9.97. The number of hydrogen-bond acceptors (Lipinski definition) is 1. The molecule has 2 rings (SSSR count). The van der Waals surface area contributed by atoms with Crippen LogP contribution in [-0.2, 0) is 6.42 Å². The van der Waals surface area contributed by atoms with Crippen molar-refractivity contribution in [3.8, 4) is 0 Å². The molecule has 2 atom stereocenters. The standard InChI is InChI=1S/C11H12BrClS/c12-10-4-2-1-3-8(10)5-9-6-14-7-11(9)13/h1-4,9,11H,5-7H2. The summed E-state index contributed by atoms with van der Waals surface area (Å²) in [6.07, 6.45) is 1.10. The Hall–Kier alpha value is 0.340. The lowest BCUT2D eigenvalue weighted by Crippen LogP contribution is -2.14. The van der Waals surface area contributed by atoms with Crippen LogP contribution in [0.25, 0.3) is 0 Å². The van der Waals surface area contributed by atoms with Crippen LogP contribution in [0.3, 0.4) is 0 Å². The quantitative estimate of drug-likeness (QED) is 0.743. The van der Waals surface area contributed by atoms with Gasteiger partial charge in [0.1, 0.15) is 0 Å². The highest BCUT2D eigenvalue weighted by Gasteiger charge is 2.26. The molecule has 0 spiro atoms. The fraction of sp³-hybridized carbons (Fsp3) is 0.455. The van der Waals surface area contributed by atoms with Crippen molar-refractivity contribution in [2.75, 3.05) is 11.5 Å². The van der Waals surface area contributed by atoms with E-state index in [1.54, 1.807) is 0 Å². The Labute approximate surface area is 103 Å². The third kappa shape index (κ3) is 2.47. The van der Waals surface area contributed by atoms with Crippen LogP contribution in [0.5, 0.6) is 0 Å². The molecule has 1 saturated heterocycles. The minimum Gasteiger partial charge on any atom is -0.160 e. The van der Waals surface area contributed by atoms with E-state index < -0.39 is 0 Å². The van der Waals surface area contributed by atoms with Gasteiger partial charge in [-0.25, -0.2) is 0 Å². The van der Waals surface area contributed by atoms with Crippen molar-refractivity contribution >= 4 is 39.3 Å². The van der Waals surface area contributed by atoms with E-state index >= 15 is 0 Å². The first-order chi connectivity index (χ1) is 6.77. The number of thioether (sulfide) groups is 1. The van der Waals surface area contributed by atoms with Gasteiger partial charge in [-0.1, -0.05) is 34.1 Å². The van der Waals surface area contributed by atoms with Gasteiger partial charge in [-0.3, -0.25) is 0 Å². The number of hydrogen-bond donors (Lipinski definition) is 0. The average molecular weight is 292 g/mol. The number of benzene rings is 1. The Balaban J connectivity index is 2.07. The molecule has 14 heavy (non-hydrogen) atoms. The van der Waals surface area contributed by atoms with E-state index in [0.717, 1.165) is 12.2 Å². The molecule has 0 radical (unpaired) electrons. The molecule has 0 aliphatic carbocycles. The third-order valence-corrected chi connectivity index (χ3v) is 5.29. The van der Waals surface area contributed by atoms with Crippen LogP contribution >= 0.6 is 39.3 Å². The average Bonchev–Trinajstić information content (AvgIpc) is 2.56. The van der Waals surface area contributed by atoms with Gasteiger partial charge in [0.15, 0.2) is 0 Å². The van der Waals surface area contributed by atoms with E-state index in [0.29, 0.717) is 11.3 Å². The molecular weight excluding hydrogens is 280 g/mol. The molecule has 2 unspecified atom stereocenters. The second-order valence-electron chi connectivity index (χ2n) is 3.61. The maximum Gasteiger partial charge on any atom is 0.0465 e. The molecule has 0 bridgehead atoms. The molecule has 0 saturated carbocycles. The lowest BCUT2D eigenvalue weighted by molar-refractivity contribution is 0.602. The largest absolute Gasteiger partial charge is 0.160 e. The lowest BCUT2D eigenvalue weighted by Gasteiger charge is -2.13. The van der Waals surface area contributed by atoms with E-state index in [4.69, 9.17) is 11.6 Å². The van der Waals surface area contributed by atoms with Crippen LogP contribution in [-0.4, -0.2) is 16.9 Å². The predicted molar refractivity (Wildman–Crippen MR) is 68.3 cm³/mol. The van der Waals surface area contributed by atoms with Gasteiger partial charge >= 0.3 is 0 Å². The first-order valence-corrected chi connectivity index (χ1v) is 7.11. The SMILES string of the molecule is ClC1CSCC1Cc1ccccc1Br. The molecule has 1 fully saturated rings. The van der Waals surface area contributed by atoms with E-state index in [9.17, 15) is 0 Å². The number of halogens is 2. The summed E-state index contributed by atoms with van der Waals surface area (Å²) < 4.78 is 1.21. The first kappa shape index (κ1) is 10.8. The molecular formula is C11H12BrClS. The van der Waals surface area contributed by atoms with Crippen molar-refractivity contribution < 1.29 is 0 Å². The molecule has 1 aromatic carbocycles. The summed E-state index contributed by atoms with van der Waals surface area (Å²) in [5, 5.41) is 0.354. The number of rotatable bonds is 2. The molecule has 1 aromatic rings. The minimum absolute atomic E-state index is 0.354. The topological polar surface area (TPSA) is 0 Å². The highest BCUT2D eigenvalue weighted by Crippen LogP contribution is 2.32. The normalized spacial score (nSPS) is 26.7. The minimum atomic E-state index is 0.354. The summed E-state index contributed by atoms with van der Waals surface area (Å²) in [5.74, 6) is 2.95. The number of alkyl halides is 1. The highest BCUT2D eigenvalue weighted by atomic mass is 79.9. The van der Waals surface area contributed by atoms with Crippen molar-refractivity contribution in [2.45, 2.75) is 11.8 Å². The Kier molecular flexibility index (Phi) is 3.80. The van der Waals surface area contributed by atoms with Crippen molar-refractivity contribution in [1.82, 2.24) is 0 Å². The third-order valence-electron chi connectivity index (χ3n) is 2.56. The van der Waals surface area contributed by atoms with Gasteiger partial charge in [-0.2, -0.15) is 11.8 Å². The zero-order valence-electron chi connectivity index (χ0n) is 7.75. The molecule has 76 valence electrons. The van der Waals surface area contributed by atoms with Crippen LogP contribution < -0.4 is 0 Å². The van der Waals surface area contributed by atoms with Crippen molar-refractivity contribution in [2.24, 2.45) is 5.92 Å². The zero-order valence-corrected chi connectivity index (χ0v) is 10.9. The summed E-state index contributed by atoms with van der Waals surface area (Å²) in [4.78, 5) is 0. The van der Waals surface area contributed by atoms with Crippen LogP contribution in [0.4, 0.5) is 0 Å². The summed E-state index contributed by atoms with van der Waals surface area (Å²) in [5.41, 5.74) is 1.38. The van der Waals surface area contributed by atoms with Gasteiger partial charge in [0.05, 0.1) is 0 Å². The second-order valence-corrected chi connectivity index (χ2v) is 6.10. The van der Waals surface area contributed by atoms with E-state index in [1.165, 1.54) is 15.8 Å². The molecule has 0 amide bonds. The molecule has 1 heterocycles. The molecule has 3 heteroatoms. The summed E-state index contributed by atoms with van der Waals surface area (Å²) in [6, 6.07) is 8.41. The summed E-state index contributed by atoms with van der Waals surface area (Å²) >= 11 is 11.8. The summed E-state index contributed by atoms with van der Waals surface area (Å²) in [6.45, 7) is 0. The van der Waals surface area contributed by atoms with Crippen LogP contribution in [0, 0.1) is 5.92 Å². The van der Waals surface area contributed by atoms with Crippen molar-refractivity contribution in [3.05, 3.63) is 34.3 Å². The fourth-order valence-corrected chi connectivity index (χ4v) is 3.99. The van der Waals surface area contributed by atoms with E-state index in [2.05, 4.69) is 40.2 Å². The Morgan fingerprint density at radius 2 is 2.14 bits per heavy atom. The van der Waals surface area contributed by atoms with Crippen LogP contribution in [0.2, 0.25) is 0 Å². The Morgan fingerprint density at radius 3 is 2.79 bits per heavy atom. The van der Waals surface area contributed by atoms with Crippen molar-refractivity contribution in [1.29, 1.82) is 0 Å². The van der Waals surface area contributed by atoms with Gasteiger partial charge in [-0.15, -0.1) is 11.6 Å². The Bertz CT molecular complexity index is 316. The van der Waals surface area contributed by atoms with Gasteiger partial charge in [-0.05, 0) is 29.7 Å². The maximum absolute atomic E-state index is 6.24. The van der Waals surface area contributed by atoms with Crippen LogP contribution in [0.15, 0.2) is 28.7 Å². The lowest BCUT2D eigenvalue weighted by atomic mass is 9.99. The Morgan fingerprint density at radius 1 is 1.36 bits per heavy atom. The molecule has 0 N–H and O–H groups in total. The van der Waals surface area contributed by atoms with E-state index in [1.807, 2.05) is 11.8 Å². The first-order valence-electron chi connectivity index (χ1n) is 4.72. The van der Waals surface area contributed by atoms with Crippen LogP contribution in [0.1, 0.15) is 5.56 Å². The van der Waals surface area contributed by atoms with Gasteiger partial charge in [0, 0.05) is 15.6 Å². The van der Waals surface area contributed by atoms with Crippen molar-refractivity contribution in [3.63, 3.8) is 0 Å². The fourth-order valence-electron chi connectivity index (χ4n) is 1.71. The molecule has 0 aromatic heterocycles. The smallest absolute Gasteiger partial charge is 0.0465 e. The van der Waals surface area contributed by atoms with Gasteiger partial charge in [0.25, 0.3) is 0 Å². The molecule has 1 aliphatic rings. The van der Waals surface area contributed by atoms with E-state index in [-0.39, 0.29) is 0 Å². The highest BCUT2D eigenvalue weighted by molar-refractivity contribution is 9.10. The monoisotopic (exact) mass is 290 g/mol. The summed E-state index contributed by atoms with van der Waals surface area (Å²) in [7, 11) is 0. The molecule has 1 aliphatic heterocycles. The second kappa shape index (κ2) is 4.91. The predicted octanol–water partition coefficient (Wildman–Crippen LogP) is 3.96. The van der Waals surface area contributed by atoms with Gasteiger partial charge in [0.2, 0.25) is 0 Å². The molecule has 0 nitrogen and oxygen atoms in total. The maximum atomic E-state index is 6.24.